The Kier molecular flexibility index (Phi) is 3.11. The normalized spacial score (nSPS) is 16.8. The highest BCUT2D eigenvalue weighted by atomic mass is 19.1. The first-order chi connectivity index (χ1) is 9.24. The van der Waals surface area contributed by atoms with Crippen LogP contribution < -0.4 is 9.47 Å². The molecule has 1 unspecified atom stereocenters. The van der Waals surface area contributed by atoms with Gasteiger partial charge in [0.2, 0.25) is 0 Å². The molecule has 2 nitrogen and oxygen atoms in total. The summed E-state index contributed by atoms with van der Waals surface area (Å²) in [6.07, 6.45) is 0.765. The maximum Gasteiger partial charge on any atom is 0.167 e. The summed E-state index contributed by atoms with van der Waals surface area (Å²) in [6, 6.07) is 13.1. The second-order valence-corrected chi connectivity index (χ2v) is 4.75. The molecule has 0 aromatic heterocycles. The van der Waals surface area contributed by atoms with Crippen molar-refractivity contribution in [3.63, 3.8) is 0 Å². The van der Waals surface area contributed by atoms with Crippen molar-refractivity contribution >= 4 is 0 Å². The molecule has 1 aliphatic heterocycles. The summed E-state index contributed by atoms with van der Waals surface area (Å²) in [5.41, 5.74) is 1.77. The van der Waals surface area contributed by atoms with E-state index in [1.807, 2.05) is 24.3 Å². The molecule has 3 heteroatoms. The second-order valence-electron chi connectivity index (χ2n) is 4.75. The molecule has 1 aliphatic rings. The van der Waals surface area contributed by atoms with E-state index in [9.17, 15) is 4.39 Å². The largest absolute Gasteiger partial charge is 0.487 e. The van der Waals surface area contributed by atoms with Gasteiger partial charge in [-0.15, -0.1) is 0 Å². The SMILES string of the molecule is Cc1cccc(OCC2Cc3ccccc3O2)c1F. The Balaban J connectivity index is 1.64. The van der Waals surface area contributed by atoms with Crippen molar-refractivity contribution in [3.05, 3.63) is 59.4 Å². The van der Waals surface area contributed by atoms with Crippen LogP contribution in [0.1, 0.15) is 11.1 Å². The van der Waals surface area contributed by atoms with E-state index in [2.05, 4.69) is 0 Å². The van der Waals surface area contributed by atoms with E-state index in [0.717, 1.165) is 12.2 Å². The van der Waals surface area contributed by atoms with Gasteiger partial charge in [-0.25, -0.2) is 4.39 Å². The fourth-order valence-electron chi connectivity index (χ4n) is 2.26. The van der Waals surface area contributed by atoms with Gasteiger partial charge in [0.05, 0.1) is 0 Å². The number of aryl methyl sites for hydroxylation is 1. The predicted octanol–water partition coefficient (Wildman–Crippen LogP) is 3.52. The van der Waals surface area contributed by atoms with Crippen LogP contribution in [0, 0.1) is 12.7 Å². The number of halogens is 1. The number of para-hydroxylation sites is 1. The number of fused-ring (bicyclic) bond motifs is 1. The molecular formula is C16H15FO2. The standard InChI is InChI=1S/C16H15FO2/c1-11-5-4-8-15(16(11)17)18-10-13-9-12-6-2-3-7-14(12)19-13/h2-8,13H,9-10H2,1H3. The first kappa shape index (κ1) is 12.0. The van der Waals surface area contributed by atoms with Crippen LogP contribution in [0.15, 0.2) is 42.5 Å². The monoisotopic (exact) mass is 258 g/mol. The smallest absolute Gasteiger partial charge is 0.167 e. The Morgan fingerprint density at radius 1 is 1.21 bits per heavy atom. The van der Waals surface area contributed by atoms with E-state index >= 15 is 0 Å². The molecular weight excluding hydrogens is 243 g/mol. The van der Waals surface area contributed by atoms with Gasteiger partial charge in [-0.05, 0) is 30.2 Å². The van der Waals surface area contributed by atoms with Gasteiger partial charge in [0, 0.05) is 6.42 Å². The van der Waals surface area contributed by atoms with Crippen molar-refractivity contribution in [2.45, 2.75) is 19.4 Å². The van der Waals surface area contributed by atoms with E-state index in [0.29, 0.717) is 17.9 Å². The summed E-state index contributed by atoms with van der Waals surface area (Å²) in [7, 11) is 0. The number of hydrogen-bond acceptors (Lipinski definition) is 2. The summed E-state index contributed by atoms with van der Waals surface area (Å²) in [5.74, 6) is 0.901. The number of ether oxygens (including phenoxy) is 2. The average Bonchev–Trinajstić information content (AvgIpc) is 2.83. The van der Waals surface area contributed by atoms with Crippen LogP contribution in [0.4, 0.5) is 4.39 Å². The first-order valence-corrected chi connectivity index (χ1v) is 6.36. The van der Waals surface area contributed by atoms with Crippen molar-refractivity contribution < 1.29 is 13.9 Å². The molecule has 3 rings (SSSR count). The third-order valence-electron chi connectivity index (χ3n) is 3.29. The predicted molar refractivity (Wildman–Crippen MR) is 71.2 cm³/mol. The highest BCUT2D eigenvalue weighted by molar-refractivity contribution is 5.37. The lowest BCUT2D eigenvalue weighted by Gasteiger charge is -2.13. The van der Waals surface area contributed by atoms with E-state index < -0.39 is 0 Å². The van der Waals surface area contributed by atoms with Crippen LogP contribution >= 0.6 is 0 Å². The maximum absolute atomic E-state index is 13.8. The molecule has 0 radical (unpaired) electrons. The van der Waals surface area contributed by atoms with Gasteiger partial charge < -0.3 is 9.47 Å². The summed E-state index contributed by atoms with van der Waals surface area (Å²) < 4.78 is 25.1. The fourth-order valence-corrected chi connectivity index (χ4v) is 2.26. The lowest BCUT2D eigenvalue weighted by molar-refractivity contribution is 0.145. The van der Waals surface area contributed by atoms with E-state index in [4.69, 9.17) is 9.47 Å². The third-order valence-corrected chi connectivity index (χ3v) is 3.29. The Hall–Kier alpha value is -2.03. The fraction of sp³-hybridized carbons (Fsp3) is 0.250. The highest BCUT2D eigenvalue weighted by Crippen LogP contribution is 2.29. The summed E-state index contributed by atoms with van der Waals surface area (Å²) in [6.45, 7) is 2.08. The minimum Gasteiger partial charge on any atom is -0.487 e. The van der Waals surface area contributed by atoms with Crippen LogP contribution in [0.2, 0.25) is 0 Å². The summed E-state index contributed by atoms with van der Waals surface area (Å²) in [4.78, 5) is 0. The lowest BCUT2D eigenvalue weighted by atomic mass is 10.1. The topological polar surface area (TPSA) is 18.5 Å². The molecule has 0 saturated carbocycles. The minimum absolute atomic E-state index is 0.0442. The first-order valence-electron chi connectivity index (χ1n) is 6.36. The molecule has 0 fully saturated rings. The third kappa shape index (κ3) is 2.41. The van der Waals surface area contributed by atoms with Crippen LogP contribution in [-0.4, -0.2) is 12.7 Å². The lowest BCUT2D eigenvalue weighted by Crippen LogP contribution is -2.22. The molecule has 0 aliphatic carbocycles. The Bertz CT molecular complexity index is 570. The molecule has 0 bridgehead atoms. The summed E-state index contributed by atoms with van der Waals surface area (Å²) in [5, 5.41) is 0. The van der Waals surface area contributed by atoms with Gasteiger partial charge in [-0.1, -0.05) is 30.3 Å². The molecule has 2 aromatic carbocycles. The van der Waals surface area contributed by atoms with E-state index in [1.165, 1.54) is 5.56 Å². The molecule has 0 saturated heterocycles. The molecule has 0 amide bonds. The van der Waals surface area contributed by atoms with Crippen molar-refractivity contribution in [2.75, 3.05) is 6.61 Å². The number of benzene rings is 2. The quantitative estimate of drug-likeness (QED) is 0.838. The zero-order chi connectivity index (χ0) is 13.2. The van der Waals surface area contributed by atoms with Gasteiger partial charge in [0.25, 0.3) is 0 Å². The summed E-state index contributed by atoms with van der Waals surface area (Å²) >= 11 is 0. The van der Waals surface area contributed by atoms with Crippen LogP contribution in [-0.2, 0) is 6.42 Å². The molecule has 19 heavy (non-hydrogen) atoms. The Labute approximate surface area is 111 Å². The zero-order valence-electron chi connectivity index (χ0n) is 10.7. The Morgan fingerprint density at radius 2 is 2.05 bits per heavy atom. The number of hydrogen-bond donors (Lipinski definition) is 0. The van der Waals surface area contributed by atoms with Crippen molar-refractivity contribution in [1.82, 2.24) is 0 Å². The van der Waals surface area contributed by atoms with Crippen LogP contribution in [0.25, 0.3) is 0 Å². The maximum atomic E-state index is 13.8. The molecule has 1 heterocycles. The van der Waals surface area contributed by atoms with Gasteiger partial charge in [0.1, 0.15) is 18.5 Å². The van der Waals surface area contributed by atoms with E-state index in [-0.39, 0.29) is 11.9 Å². The van der Waals surface area contributed by atoms with Crippen molar-refractivity contribution in [2.24, 2.45) is 0 Å². The Morgan fingerprint density at radius 3 is 2.89 bits per heavy atom. The molecule has 0 N–H and O–H groups in total. The van der Waals surface area contributed by atoms with Crippen LogP contribution in [0.3, 0.4) is 0 Å². The van der Waals surface area contributed by atoms with Crippen molar-refractivity contribution in [1.29, 1.82) is 0 Å². The molecule has 1 atom stereocenters. The van der Waals surface area contributed by atoms with Gasteiger partial charge in [-0.2, -0.15) is 0 Å². The highest BCUT2D eigenvalue weighted by Gasteiger charge is 2.23. The van der Waals surface area contributed by atoms with Crippen molar-refractivity contribution in [3.8, 4) is 11.5 Å². The molecule has 98 valence electrons. The van der Waals surface area contributed by atoms with E-state index in [1.54, 1.807) is 25.1 Å². The minimum atomic E-state index is -0.294. The molecule has 2 aromatic rings. The van der Waals surface area contributed by atoms with Gasteiger partial charge in [0.15, 0.2) is 11.6 Å². The second kappa shape index (κ2) is 4.92. The molecule has 0 spiro atoms. The zero-order valence-corrected chi connectivity index (χ0v) is 10.7. The van der Waals surface area contributed by atoms with Gasteiger partial charge >= 0.3 is 0 Å². The number of rotatable bonds is 3. The van der Waals surface area contributed by atoms with Crippen LogP contribution in [0.5, 0.6) is 11.5 Å². The average molecular weight is 258 g/mol. The van der Waals surface area contributed by atoms with Gasteiger partial charge in [-0.3, -0.25) is 0 Å².